The highest BCUT2D eigenvalue weighted by atomic mass is 28.3. The Bertz CT molecular complexity index is 649. The van der Waals surface area contributed by atoms with Crippen molar-refractivity contribution < 1.29 is 4.79 Å². The van der Waals surface area contributed by atoms with E-state index in [4.69, 9.17) is 0 Å². The summed E-state index contributed by atoms with van der Waals surface area (Å²) in [6, 6.07) is 8.20. The van der Waals surface area contributed by atoms with Crippen LogP contribution in [0.4, 0.5) is 0 Å². The summed E-state index contributed by atoms with van der Waals surface area (Å²) in [4.78, 5) is 14.9. The molecule has 1 amide bonds. The van der Waals surface area contributed by atoms with Crippen LogP contribution in [0, 0.1) is 11.5 Å². The van der Waals surface area contributed by atoms with Gasteiger partial charge in [-0.15, -0.1) is 11.5 Å². The molecule has 116 valence electrons. The van der Waals surface area contributed by atoms with E-state index in [9.17, 15) is 4.79 Å². The molecule has 1 atom stereocenters. The second kappa shape index (κ2) is 5.59. The highest BCUT2D eigenvalue weighted by molar-refractivity contribution is 6.83. The third-order valence-electron chi connectivity index (χ3n) is 4.77. The zero-order valence-corrected chi connectivity index (χ0v) is 14.9. The fourth-order valence-corrected chi connectivity index (χ4v) is 4.48. The lowest BCUT2D eigenvalue weighted by Gasteiger charge is -2.43. The molecular weight excluding hydrogens is 286 g/mol. The van der Waals surface area contributed by atoms with Crippen molar-refractivity contribution in [2.24, 2.45) is 0 Å². The molecule has 0 saturated carbocycles. The molecule has 0 spiro atoms. The Kier molecular flexibility index (Phi) is 3.90. The highest BCUT2D eigenvalue weighted by Gasteiger charge is 2.49. The zero-order chi connectivity index (χ0) is 15.8. The SMILES string of the molecule is C[Si](C)(C)C#CCCC12CCCCN1C(=O)c1ccccc12. The van der Waals surface area contributed by atoms with Gasteiger partial charge >= 0.3 is 0 Å². The molecule has 1 fully saturated rings. The number of nitrogens with zero attached hydrogens (tertiary/aromatic N) is 1. The maximum absolute atomic E-state index is 12.7. The lowest BCUT2D eigenvalue weighted by molar-refractivity contribution is 0.0373. The Balaban J connectivity index is 1.90. The van der Waals surface area contributed by atoms with Crippen molar-refractivity contribution in [1.82, 2.24) is 4.90 Å². The summed E-state index contributed by atoms with van der Waals surface area (Å²) in [5.74, 6) is 3.63. The summed E-state index contributed by atoms with van der Waals surface area (Å²) in [6.07, 6.45) is 5.29. The summed E-state index contributed by atoms with van der Waals surface area (Å²) in [7, 11) is -1.31. The van der Waals surface area contributed by atoms with Crippen molar-refractivity contribution in [3.8, 4) is 11.5 Å². The van der Waals surface area contributed by atoms with Gasteiger partial charge in [-0.3, -0.25) is 4.79 Å². The normalized spacial score (nSPS) is 23.6. The number of amides is 1. The molecule has 0 aromatic heterocycles. The van der Waals surface area contributed by atoms with Gasteiger partial charge in [0.2, 0.25) is 0 Å². The first kappa shape index (κ1) is 15.4. The van der Waals surface area contributed by atoms with E-state index in [1.54, 1.807) is 0 Å². The van der Waals surface area contributed by atoms with Crippen LogP contribution >= 0.6 is 0 Å². The van der Waals surface area contributed by atoms with Crippen LogP contribution < -0.4 is 0 Å². The van der Waals surface area contributed by atoms with Gasteiger partial charge in [0.1, 0.15) is 8.07 Å². The van der Waals surface area contributed by atoms with Crippen LogP contribution in [0.15, 0.2) is 24.3 Å². The number of piperidine rings is 1. The first-order valence-corrected chi connectivity index (χ1v) is 11.9. The minimum Gasteiger partial charge on any atom is -0.329 e. The van der Waals surface area contributed by atoms with E-state index in [1.807, 2.05) is 12.1 Å². The number of rotatable bonds is 2. The molecule has 22 heavy (non-hydrogen) atoms. The maximum atomic E-state index is 12.7. The largest absolute Gasteiger partial charge is 0.329 e. The summed E-state index contributed by atoms with van der Waals surface area (Å²) < 4.78 is 0. The van der Waals surface area contributed by atoms with E-state index in [2.05, 4.69) is 48.1 Å². The number of carbonyl (C=O) groups excluding carboxylic acids is 1. The Hall–Kier alpha value is -1.53. The Morgan fingerprint density at radius 1 is 1.23 bits per heavy atom. The van der Waals surface area contributed by atoms with E-state index in [0.29, 0.717) is 0 Å². The van der Waals surface area contributed by atoms with Crippen LogP contribution in [0.2, 0.25) is 19.6 Å². The van der Waals surface area contributed by atoms with Crippen LogP contribution in [0.1, 0.15) is 48.0 Å². The lowest BCUT2D eigenvalue weighted by atomic mass is 9.79. The van der Waals surface area contributed by atoms with Crippen molar-refractivity contribution >= 4 is 14.0 Å². The van der Waals surface area contributed by atoms with E-state index in [0.717, 1.165) is 37.8 Å². The smallest absolute Gasteiger partial charge is 0.254 e. The molecule has 2 aliphatic rings. The van der Waals surface area contributed by atoms with Gasteiger partial charge in [-0.2, -0.15) is 0 Å². The third kappa shape index (κ3) is 2.61. The summed E-state index contributed by atoms with van der Waals surface area (Å²) in [6.45, 7) is 7.73. The average Bonchev–Trinajstić information content (AvgIpc) is 2.74. The average molecular weight is 312 g/mol. The predicted octanol–water partition coefficient (Wildman–Crippen LogP) is 4.18. The summed E-state index contributed by atoms with van der Waals surface area (Å²) in [5.41, 5.74) is 5.54. The molecule has 0 N–H and O–H groups in total. The molecule has 1 saturated heterocycles. The van der Waals surface area contributed by atoms with Gasteiger partial charge < -0.3 is 4.90 Å². The highest BCUT2D eigenvalue weighted by Crippen LogP contribution is 2.48. The molecule has 2 heterocycles. The monoisotopic (exact) mass is 311 g/mol. The first-order valence-electron chi connectivity index (χ1n) is 8.36. The van der Waals surface area contributed by atoms with Crippen LogP contribution in [0.3, 0.4) is 0 Å². The summed E-state index contributed by atoms with van der Waals surface area (Å²) in [5, 5.41) is 0. The van der Waals surface area contributed by atoms with E-state index < -0.39 is 8.07 Å². The van der Waals surface area contributed by atoms with Gasteiger partial charge in [0.25, 0.3) is 5.91 Å². The maximum Gasteiger partial charge on any atom is 0.254 e. The molecule has 1 aromatic rings. The van der Waals surface area contributed by atoms with E-state index >= 15 is 0 Å². The quantitative estimate of drug-likeness (QED) is 0.592. The van der Waals surface area contributed by atoms with Gasteiger partial charge in [-0.05, 0) is 37.3 Å². The third-order valence-corrected chi connectivity index (χ3v) is 5.70. The number of carbonyl (C=O) groups is 1. The van der Waals surface area contributed by atoms with Crippen LogP contribution in [0.25, 0.3) is 0 Å². The topological polar surface area (TPSA) is 20.3 Å². The molecule has 1 aromatic carbocycles. The predicted molar refractivity (Wildman–Crippen MR) is 93.4 cm³/mol. The zero-order valence-electron chi connectivity index (χ0n) is 13.9. The molecule has 0 radical (unpaired) electrons. The van der Waals surface area contributed by atoms with Gasteiger partial charge in [0.15, 0.2) is 0 Å². The van der Waals surface area contributed by atoms with E-state index in [1.165, 1.54) is 12.0 Å². The minimum atomic E-state index is -1.31. The Morgan fingerprint density at radius 2 is 2.00 bits per heavy atom. The molecule has 2 nitrogen and oxygen atoms in total. The fraction of sp³-hybridized carbons (Fsp3) is 0.526. The van der Waals surface area contributed by atoms with Gasteiger partial charge in [-0.1, -0.05) is 37.8 Å². The number of hydrogen-bond acceptors (Lipinski definition) is 1. The van der Waals surface area contributed by atoms with Gasteiger partial charge in [0, 0.05) is 18.5 Å². The minimum absolute atomic E-state index is 0.0833. The Labute approximate surface area is 134 Å². The number of fused-ring (bicyclic) bond motifs is 3. The van der Waals surface area contributed by atoms with Gasteiger partial charge in [0.05, 0.1) is 5.54 Å². The van der Waals surface area contributed by atoms with Crippen molar-refractivity contribution in [3.63, 3.8) is 0 Å². The molecule has 1 unspecified atom stereocenters. The van der Waals surface area contributed by atoms with Crippen molar-refractivity contribution in [3.05, 3.63) is 35.4 Å². The Morgan fingerprint density at radius 3 is 2.77 bits per heavy atom. The van der Waals surface area contributed by atoms with E-state index in [-0.39, 0.29) is 11.4 Å². The molecule has 3 heteroatoms. The van der Waals surface area contributed by atoms with Crippen molar-refractivity contribution in [2.75, 3.05) is 6.54 Å². The number of benzene rings is 1. The second-order valence-corrected chi connectivity index (χ2v) is 12.3. The molecule has 0 aliphatic carbocycles. The second-order valence-electron chi connectivity index (χ2n) is 7.54. The fourth-order valence-electron chi connectivity index (χ4n) is 3.82. The lowest BCUT2D eigenvalue weighted by Crippen LogP contribution is -2.47. The summed E-state index contributed by atoms with van der Waals surface area (Å²) >= 11 is 0. The molecular formula is C19H25NOSi. The van der Waals surface area contributed by atoms with Gasteiger partial charge in [-0.25, -0.2) is 0 Å². The van der Waals surface area contributed by atoms with Crippen molar-refractivity contribution in [2.45, 2.75) is 57.3 Å². The molecule has 2 aliphatic heterocycles. The van der Waals surface area contributed by atoms with Crippen LogP contribution in [-0.4, -0.2) is 25.4 Å². The van der Waals surface area contributed by atoms with Crippen LogP contribution in [-0.2, 0) is 5.54 Å². The molecule has 3 rings (SSSR count). The van der Waals surface area contributed by atoms with Crippen LogP contribution in [0.5, 0.6) is 0 Å². The standard InChI is InChI=1S/C19H25NOSi/c1-22(2,3)15-9-7-13-19-12-6-8-14-20(19)18(21)16-10-4-5-11-17(16)19/h4-5,10-11H,6-8,12-14H2,1-3H3. The number of hydrogen-bond donors (Lipinski definition) is 0. The first-order chi connectivity index (χ1) is 10.4. The molecule has 0 bridgehead atoms. The van der Waals surface area contributed by atoms with Crippen molar-refractivity contribution in [1.29, 1.82) is 0 Å².